The van der Waals surface area contributed by atoms with Gasteiger partial charge in [-0.1, -0.05) is 36.4 Å². The molecule has 1 N–H and O–H groups in total. The Morgan fingerprint density at radius 2 is 1.96 bits per heavy atom. The van der Waals surface area contributed by atoms with Crippen molar-refractivity contribution in [3.63, 3.8) is 0 Å². The first-order valence-electron chi connectivity index (χ1n) is 10.1. The third-order valence-electron chi connectivity index (χ3n) is 5.31. The van der Waals surface area contributed by atoms with Crippen molar-refractivity contribution in [2.75, 3.05) is 25.0 Å². The molecule has 0 radical (unpaired) electrons. The van der Waals surface area contributed by atoms with Crippen molar-refractivity contribution < 1.29 is 0 Å². The molecule has 0 bridgehead atoms. The lowest BCUT2D eigenvalue weighted by atomic mass is 9.94. The van der Waals surface area contributed by atoms with Crippen LogP contribution in [-0.4, -0.2) is 39.5 Å². The molecule has 4 rings (SSSR count). The summed E-state index contributed by atoms with van der Waals surface area (Å²) in [5.74, 6) is 1.85. The monoisotopic (exact) mass is 373 g/mol. The predicted molar refractivity (Wildman–Crippen MR) is 113 cm³/mol. The highest BCUT2D eigenvalue weighted by molar-refractivity contribution is 5.47. The van der Waals surface area contributed by atoms with E-state index in [2.05, 4.69) is 56.6 Å². The zero-order valence-corrected chi connectivity index (χ0v) is 16.4. The Labute approximate surface area is 166 Å². The summed E-state index contributed by atoms with van der Waals surface area (Å²) < 4.78 is 0. The summed E-state index contributed by atoms with van der Waals surface area (Å²) in [7, 11) is 0. The standard InChI is InChI=1S/C23H27N5/c1-18-9-10-22(25-16-18)27-23-24-13-11-21(26-23)20-8-5-14-28(17-20)15-12-19-6-3-2-4-7-19/h2-4,6-7,9-11,13,16,20H,5,8,12,14-15,17H2,1H3,(H,24,25,26,27)/t20-/m0/s1. The number of hydrogen-bond acceptors (Lipinski definition) is 5. The zero-order chi connectivity index (χ0) is 19.2. The van der Waals surface area contributed by atoms with Crippen molar-refractivity contribution in [2.45, 2.75) is 32.1 Å². The van der Waals surface area contributed by atoms with Crippen molar-refractivity contribution in [1.29, 1.82) is 0 Å². The first kappa shape index (κ1) is 18.6. The van der Waals surface area contributed by atoms with Gasteiger partial charge in [0, 0.05) is 31.4 Å². The Balaban J connectivity index is 1.38. The van der Waals surface area contributed by atoms with Crippen LogP contribution in [0.5, 0.6) is 0 Å². The molecule has 28 heavy (non-hydrogen) atoms. The molecule has 0 aliphatic carbocycles. The largest absolute Gasteiger partial charge is 0.309 e. The number of nitrogens with zero attached hydrogens (tertiary/aromatic N) is 4. The molecule has 3 aromatic rings. The van der Waals surface area contributed by atoms with E-state index in [-0.39, 0.29) is 0 Å². The topological polar surface area (TPSA) is 53.9 Å². The lowest BCUT2D eigenvalue weighted by molar-refractivity contribution is 0.208. The van der Waals surface area contributed by atoms with Crippen LogP contribution < -0.4 is 5.32 Å². The minimum absolute atomic E-state index is 0.457. The van der Waals surface area contributed by atoms with E-state index in [0.29, 0.717) is 11.9 Å². The summed E-state index contributed by atoms with van der Waals surface area (Å²) in [6, 6.07) is 16.8. The van der Waals surface area contributed by atoms with E-state index >= 15 is 0 Å². The van der Waals surface area contributed by atoms with Gasteiger partial charge in [-0.15, -0.1) is 0 Å². The highest BCUT2D eigenvalue weighted by Gasteiger charge is 2.22. The molecule has 1 fully saturated rings. The minimum Gasteiger partial charge on any atom is -0.309 e. The molecule has 0 spiro atoms. The lowest BCUT2D eigenvalue weighted by Gasteiger charge is -2.32. The van der Waals surface area contributed by atoms with Crippen molar-refractivity contribution >= 4 is 11.8 Å². The fourth-order valence-electron chi connectivity index (χ4n) is 3.75. The molecule has 0 amide bonds. The van der Waals surface area contributed by atoms with E-state index in [1.807, 2.05) is 31.5 Å². The van der Waals surface area contributed by atoms with Gasteiger partial charge in [0.2, 0.25) is 5.95 Å². The summed E-state index contributed by atoms with van der Waals surface area (Å²) in [6.07, 6.45) is 7.19. The van der Waals surface area contributed by atoms with Crippen LogP contribution in [-0.2, 0) is 6.42 Å². The molecule has 1 saturated heterocycles. The van der Waals surface area contributed by atoms with Crippen LogP contribution in [0.15, 0.2) is 60.9 Å². The third-order valence-corrected chi connectivity index (χ3v) is 5.31. The molecule has 1 aliphatic heterocycles. The number of piperidine rings is 1. The summed E-state index contributed by atoms with van der Waals surface area (Å²) in [4.78, 5) is 16.1. The van der Waals surface area contributed by atoms with Gasteiger partial charge in [-0.2, -0.15) is 0 Å². The molecule has 144 valence electrons. The van der Waals surface area contributed by atoms with Crippen molar-refractivity contribution in [3.05, 3.63) is 77.7 Å². The Kier molecular flexibility index (Phi) is 5.92. The highest BCUT2D eigenvalue weighted by Crippen LogP contribution is 2.26. The Morgan fingerprint density at radius 1 is 1.07 bits per heavy atom. The number of aryl methyl sites for hydroxylation is 1. The van der Waals surface area contributed by atoms with Crippen LogP contribution in [0.4, 0.5) is 11.8 Å². The SMILES string of the molecule is Cc1ccc(Nc2nccc([C@H]3CCCN(CCc4ccccc4)C3)n2)nc1. The van der Waals surface area contributed by atoms with E-state index in [0.717, 1.165) is 36.6 Å². The molecule has 5 nitrogen and oxygen atoms in total. The second-order valence-corrected chi connectivity index (χ2v) is 7.53. The Bertz CT molecular complexity index is 879. The Hall–Kier alpha value is -2.79. The molecule has 0 unspecified atom stereocenters. The number of benzene rings is 1. The van der Waals surface area contributed by atoms with E-state index in [9.17, 15) is 0 Å². The minimum atomic E-state index is 0.457. The van der Waals surface area contributed by atoms with E-state index in [4.69, 9.17) is 4.98 Å². The average Bonchev–Trinajstić information content (AvgIpc) is 2.75. The third kappa shape index (κ3) is 4.93. The van der Waals surface area contributed by atoms with Crippen LogP contribution in [0.2, 0.25) is 0 Å². The second kappa shape index (κ2) is 8.93. The molecular weight excluding hydrogens is 346 g/mol. The molecule has 1 aromatic carbocycles. The van der Waals surface area contributed by atoms with Crippen molar-refractivity contribution in [3.8, 4) is 0 Å². The van der Waals surface area contributed by atoms with Crippen molar-refractivity contribution in [1.82, 2.24) is 19.9 Å². The maximum absolute atomic E-state index is 4.78. The van der Waals surface area contributed by atoms with Crippen LogP contribution in [0.1, 0.15) is 35.6 Å². The second-order valence-electron chi connectivity index (χ2n) is 7.53. The fourth-order valence-corrected chi connectivity index (χ4v) is 3.75. The molecular formula is C23H27N5. The molecule has 5 heteroatoms. The maximum Gasteiger partial charge on any atom is 0.228 e. The molecule has 2 aromatic heterocycles. The summed E-state index contributed by atoms with van der Waals surface area (Å²) >= 11 is 0. The molecule has 1 aliphatic rings. The normalized spacial score (nSPS) is 17.4. The number of aromatic nitrogens is 3. The molecule has 0 saturated carbocycles. The zero-order valence-electron chi connectivity index (χ0n) is 16.4. The van der Waals surface area contributed by atoms with Gasteiger partial charge in [0.05, 0.1) is 5.69 Å². The van der Waals surface area contributed by atoms with E-state index < -0.39 is 0 Å². The number of nitrogens with one attached hydrogen (secondary N) is 1. The maximum atomic E-state index is 4.78. The van der Waals surface area contributed by atoms with E-state index in [1.54, 1.807) is 0 Å². The number of anilines is 2. The fraction of sp³-hybridized carbons (Fsp3) is 0.348. The van der Waals surface area contributed by atoms with Gasteiger partial charge in [0.25, 0.3) is 0 Å². The first-order valence-corrected chi connectivity index (χ1v) is 10.1. The van der Waals surface area contributed by atoms with Crippen LogP contribution in [0.3, 0.4) is 0 Å². The van der Waals surface area contributed by atoms with Gasteiger partial charge < -0.3 is 10.2 Å². The van der Waals surface area contributed by atoms with Gasteiger partial charge in [-0.25, -0.2) is 15.0 Å². The van der Waals surface area contributed by atoms with Gasteiger partial charge in [-0.05, 0) is 56.0 Å². The first-order chi connectivity index (χ1) is 13.8. The number of pyridine rings is 1. The lowest BCUT2D eigenvalue weighted by Crippen LogP contribution is -2.36. The van der Waals surface area contributed by atoms with Gasteiger partial charge in [0.1, 0.15) is 5.82 Å². The van der Waals surface area contributed by atoms with E-state index in [1.165, 1.54) is 24.9 Å². The van der Waals surface area contributed by atoms with Gasteiger partial charge in [0.15, 0.2) is 0 Å². The van der Waals surface area contributed by atoms with Gasteiger partial charge >= 0.3 is 0 Å². The summed E-state index contributed by atoms with van der Waals surface area (Å²) in [5.41, 5.74) is 3.66. The molecule has 1 atom stereocenters. The number of hydrogen-bond donors (Lipinski definition) is 1. The van der Waals surface area contributed by atoms with Crippen molar-refractivity contribution in [2.24, 2.45) is 0 Å². The summed E-state index contributed by atoms with van der Waals surface area (Å²) in [5, 5.41) is 3.22. The highest BCUT2D eigenvalue weighted by atomic mass is 15.2. The number of rotatable bonds is 6. The number of likely N-dealkylation sites (tertiary alicyclic amines) is 1. The quantitative estimate of drug-likeness (QED) is 0.696. The predicted octanol–water partition coefficient (Wildman–Crippen LogP) is 4.35. The van der Waals surface area contributed by atoms with Crippen LogP contribution in [0, 0.1) is 6.92 Å². The summed E-state index contributed by atoms with van der Waals surface area (Å²) in [6.45, 7) is 5.36. The van der Waals surface area contributed by atoms with Crippen LogP contribution >= 0.6 is 0 Å². The Morgan fingerprint density at radius 3 is 2.79 bits per heavy atom. The van der Waals surface area contributed by atoms with Crippen LogP contribution in [0.25, 0.3) is 0 Å². The average molecular weight is 374 g/mol. The molecule has 3 heterocycles. The van der Waals surface area contributed by atoms with Gasteiger partial charge in [-0.3, -0.25) is 0 Å². The smallest absolute Gasteiger partial charge is 0.228 e.